The molecule has 0 aliphatic heterocycles. The van der Waals surface area contributed by atoms with Gasteiger partial charge in [-0.1, -0.05) is 12.1 Å². The van der Waals surface area contributed by atoms with Crippen LogP contribution in [-0.2, 0) is 22.9 Å². The Morgan fingerprint density at radius 2 is 1.63 bits per heavy atom. The lowest BCUT2D eigenvalue weighted by Crippen LogP contribution is -2.14. The van der Waals surface area contributed by atoms with E-state index in [0.717, 1.165) is 63.6 Å². The molecule has 0 fully saturated rings. The van der Waals surface area contributed by atoms with Crippen LogP contribution in [0.4, 0.5) is 15.1 Å². The Labute approximate surface area is 227 Å². The standard InChI is InChI=1S/C28H22FN3O3S3/c29-18-11-15-20(16-12-18)38(34,35)32-19-13-9-17(10-14-19)26(33)31-28-25(21-5-1-3-7-23(21)36-28)27-30-22-6-2-4-8-24(22)37-27/h2,4,6,8-16,32H,1,3,5,7H2,(H,31,33). The SMILES string of the molecule is O=C(Nc1sc2c(c1-c1nc3ccccc3s1)CCCC2)c1ccc(NS(=O)(=O)c2ccc(F)cc2)cc1. The number of nitrogens with zero attached hydrogens (tertiary/aromatic N) is 1. The van der Waals surface area contributed by atoms with Gasteiger partial charge in [-0.15, -0.1) is 22.7 Å². The highest BCUT2D eigenvalue weighted by molar-refractivity contribution is 7.92. The van der Waals surface area contributed by atoms with Gasteiger partial charge >= 0.3 is 0 Å². The third-order valence-corrected chi connectivity index (χ3v) is 10.1. The van der Waals surface area contributed by atoms with Crippen molar-refractivity contribution in [2.45, 2.75) is 30.6 Å². The van der Waals surface area contributed by atoms with Crippen LogP contribution in [0.25, 0.3) is 20.8 Å². The Morgan fingerprint density at radius 3 is 2.39 bits per heavy atom. The molecule has 0 spiro atoms. The van der Waals surface area contributed by atoms with Crippen LogP contribution < -0.4 is 10.0 Å². The molecule has 5 aromatic rings. The van der Waals surface area contributed by atoms with E-state index in [9.17, 15) is 17.6 Å². The van der Waals surface area contributed by atoms with E-state index < -0.39 is 15.8 Å². The molecule has 2 heterocycles. The zero-order valence-corrected chi connectivity index (χ0v) is 22.5. The first-order valence-electron chi connectivity index (χ1n) is 12.1. The van der Waals surface area contributed by atoms with Crippen molar-refractivity contribution < 1.29 is 17.6 Å². The fraction of sp³-hybridized carbons (Fsp3) is 0.143. The number of amides is 1. The van der Waals surface area contributed by atoms with Crippen molar-refractivity contribution in [1.29, 1.82) is 0 Å². The quantitative estimate of drug-likeness (QED) is 0.231. The van der Waals surface area contributed by atoms with Crippen LogP contribution in [0.2, 0.25) is 0 Å². The second kappa shape index (κ2) is 9.94. The minimum absolute atomic E-state index is 0.0511. The topological polar surface area (TPSA) is 88.2 Å². The lowest BCUT2D eigenvalue weighted by molar-refractivity contribution is 0.102. The smallest absolute Gasteiger partial charge is 0.261 e. The molecule has 2 aromatic heterocycles. The number of nitrogens with one attached hydrogen (secondary N) is 2. The molecule has 6 rings (SSSR count). The predicted molar refractivity (Wildman–Crippen MR) is 151 cm³/mol. The zero-order valence-electron chi connectivity index (χ0n) is 20.0. The Morgan fingerprint density at radius 1 is 0.895 bits per heavy atom. The molecule has 192 valence electrons. The number of sulfonamides is 1. The first-order valence-corrected chi connectivity index (χ1v) is 15.2. The van der Waals surface area contributed by atoms with Crippen LogP contribution in [-0.4, -0.2) is 19.3 Å². The zero-order chi connectivity index (χ0) is 26.3. The number of halogens is 1. The number of para-hydroxylation sites is 1. The first-order chi connectivity index (χ1) is 18.4. The van der Waals surface area contributed by atoms with Crippen molar-refractivity contribution in [2.75, 3.05) is 10.0 Å². The molecule has 1 aliphatic carbocycles. The van der Waals surface area contributed by atoms with Gasteiger partial charge in [-0.2, -0.15) is 0 Å². The van der Waals surface area contributed by atoms with Crippen LogP contribution in [0.5, 0.6) is 0 Å². The number of hydrogen-bond donors (Lipinski definition) is 2. The molecule has 0 unspecified atom stereocenters. The summed E-state index contributed by atoms with van der Waals surface area (Å²) in [4.78, 5) is 19.4. The van der Waals surface area contributed by atoms with E-state index in [0.29, 0.717) is 11.3 Å². The highest BCUT2D eigenvalue weighted by Crippen LogP contribution is 2.46. The third kappa shape index (κ3) is 4.82. The lowest BCUT2D eigenvalue weighted by Gasteiger charge is -2.12. The van der Waals surface area contributed by atoms with Crippen molar-refractivity contribution in [3.63, 3.8) is 0 Å². The first kappa shape index (κ1) is 24.7. The van der Waals surface area contributed by atoms with Crippen molar-refractivity contribution >= 4 is 59.5 Å². The number of thiazole rings is 1. The Bertz CT molecular complexity index is 1730. The normalized spacial score (nSPS) is 13.3. The maximum atomic E-state index is 13.2. The minimum atomic E-state index is -3.88. The monoisotopic (exact) mass is 563 g/mol. The molecule has 6 nitrogen and oxygen atoms in total. The number of fused-ring (bicyclic) bond motifs is 2. The number of carbonyl (C=O) groups excluding carboxylic acids is 1. The fourth-order valence-corrected chi connectivity index (χ4v) is 8.01. The van der Waals surface area contributed by atoms with Gasteiger partial charge in [-0.25, -0.2) is 17.8 Å². The second-order valence-electron chi connectivity index (χ2n) is 8.99. The molecule has 0 atom stereocenters. The second-order valence-corrected chi connectivity index (χ2v) is 12.8. The highest BCUT2D eigenvalue weighted by atomic mass is 32.2. The van der Waals surface area contributed by atoms with Gasteiger partial charge in [0.05, 0.1) is 15.1 Å². The average molecular weight is 564 g/mol. The highest BCUT2D eigenvalue weighted by Gasteiger charge is 2.25. The van der Waals surface area contributed by atoms with Gasteiger partial charge in [0.1, 0.15) is 15.8 Å². The molecular weight excluding hydrogens is 542 g/mol. The van der Waals surface area contributed by atoms with Crippen LogP contribution in [0.3, 0.4) is 0 Å². The molecule has 3 aromatic carbocycles. The van der Waals surface area contributed by atoms with Gasteiger partial charge in [-0.05, 0) is 91.9 Å². The number of carbonyl (C=O) groups is 1. The Hall–Kier alpha value is -3.60. The molecule has 0 radical (unpaired) electrons. The number of rotatable bonds is 6. The largest absolute Gasteiger partial charge is 0.313 e. The Kier molecular flexibility index (Phi) is 6.46. The summed E-state index contributed by atoms with van der Waals surface area (Å²) in [5.74, 6) is -0.795. The summed E-state index contributed by atoms with van der Waals surface area (Å²) in [6.07, 6.45) is 4.21. The molecule has 0 bridgehead atoms. The van der Waals surface area contributed by atoms with E-state index in [2.05, 4.69) is 16.1 Å². The molecular formula is C28H22FN3O3S3. The summed E-state index contributed by atoms with van der Waals surface area (Å²) in [6, 6.07) is 18.8. The predicted octanol–water partition coefficient (Wildman–Crippen LogP) is 7.10. The van der Waals surface area contributed by atoms with Gasteiger partial charge in [0.2, 0.25) is 0 Å². The van der Waals surface area contributed by atoms with E-state index in [-0.39, 0.29) is 10.8 Å². The summed E-state index contributed by atoms with van der Waals surface area (Å²) in [5.41, 5.74) is 3.94. The van der Waals surface area contributed by atoms with Gasteiger partial charge in [0.25, 0.3) is 15.9 Å². The van der Waals surface area contributed by atoms with Crippen molar-refractivity contribution in [1.82, 2.24) is 4.98 Å². The fourth-order valence-electron chi connectivity index (χ4n) is 4.55. The maximum Gasteiger partial charge on any atom is 0.261 e. The van der Waals surface area contributed by atoms with Gasteiger partial charge in [-0.3, -0.25) is 9.52 Å². The van der Waals surface area contributed by atoms with E-state index in [1.807, 2.05) is 18.2 Å². The molecule has 1 amide bonds. The van der Waals surface area contributed by atoms with E-state index >= 15 is 0 Å². The summed E-state index contributed by atoms with van der Waals surface area (Å²) in [7, 11) is -3.88. The number of hydrogen-bond acceptors (Lipinski definition) is 6. The van der Waals surface area contributed by atoms with Crippen molar-refractivity contribution in [3.05, 3.63) is 94.6 Å². The summed E-state index contributed by atoms with van der Waals surface area (Å²) in [6.45, 7) is 0. The van der Waals surface area contributed by atoms with Gasteiger partial charge < -0.3 is 5.32 Å². The van der Waals surface area contributed by atoms with Crippen molar-refractivity contribution in [3.8, 4) is 10.6 Å². The van der Waals surface area contributed by atoms with Gasteiger partial charge in [0.15, 0.2) is 0 Å². The molecule has 2 N–H and O–H groups in total. The summed E-state index contributed by atoms with van der Waals surface area (Å²) < 4.78 is 41.9. The molecule has 0 saturated carbocycles. The summed E-state index contributed by atoms with van der Waals surface area (Å²) in [5, 5.41) is 4.80. The molecule has 10 heteroatoms. The molecule has 38 heavy (non-hydrogen) atoms. The Balaban J connectivity index is 1.25. The van der Waals surface area contributed by atoms with Crippen LogP contribution in [0, 0.1) is 5.82 Å². The molecule has 1 aliphatic rings. The van der Waals surface area contributed by atoms with Crippen LogP contribution >= 0.6 is 22.7 Å². The minimum Gasteiger partial charge on any atom is -0.313 e. The van der Waals surface area contributed by atoms with Crippen molar-refractivity contribution in [2.24, 2.45) is 0 Å². The lowest BCUT2D eigenvalue weighted by atomic mass is 9.95. The van der Waals surface area contributed by atoms with E-state index in [4.69, 9.17) is 4.98 Å². The van der Waals surface area contributed by atoms with Gasteiger partial charge in [0, 0.05) is 21.7 Å². The van der Waals surface area contributed by atoms with E-state index in [1.165, 1.54) is 34.7 Å². The van der Waals surface area contributed by atoms with E-state index in [1.54, 1.807) is 34.8 Å². The third-order valence-electron chi connectivity index (χ3n) is 6.43. The number of anilines is 2. The average Bonchev–Trinajstić information content (AvgIpc) is 3.49. The van der Waals surface area contributed by atoms with Crippen LogP contribution in [0.1, 0.15) is 33.6 Å². The van der Waals surface area contributed by atoms with Crippen LogP contribution in [0.15, 0.2) is 77.7 Å². The molecule has 0 saturated heterocycles. The number of benzene rings is 3. The number of aromatic nitrogens is 1. The summed E-state index contributed by atoms with van der Waals surface area (Å²) >= 11 is 3.24. The maximum absolute atomic E-state index is 13.2. The number of aryl methyl sites for hydroxylation is 1. The number of thiophene rings is 1.